The number of nitrogens with two attached hydrogens (primary N) is 1. The quantitative estimate of drug-likeness (QED) is 0.790. The van der Waals surface area contributed by atoms with E-state index in [9.17, 15) is 9.18 Å². The summed E-state index contributed by atoms with van der Waals surface area (Å²) in [5, 5.41) is 0. The summed E-state index contributed by atoms with van der Waals surface area (Å²) < 4.78 is 18.8. The molecule has 0 radical (unpaired) electrons. The zero-order valence-electron chi connectivity index (χ0n) is 8.86. The number of ether oxygens (including phenoxy) is 1. The first-order chi connectivity index (χ1) is 7.72. The summed E-state index contributed by atoms with van der Waals surface area (Å²) in [6.07, 6.45) is 0.780. The molecule has 0 amide bonds. The molecule has 1 heterocycles. The van der Waals surface area contributed by atoms with Gasteiger partial charge in [0.05, 0.1) is 11.7 Å². The van der Waals surface area contributed by atoms with Gasteiger partial charge in [-0.1, -0.05) is 12.1 Å². The fourth-order valence-corrected chi connectivity index (χ4v) is 1.91. The van der Waals surface area contributed by atoms with Gasteiger partial charge in [-0.25, -0.2) is 4.39 Å². The maximum Gasteiger partial charge on any atom is 0.194 e. The number of benzene rings is 1. The number of hydrogen-bond donors (Lipinski definition) is 1. The summed E-state index contributed by atoms with van der Waals surface area (Å²) in [6.45, 7) is 0.404. The number of rotatable bonds is 3. The molecule has 2 rings (SSSR count). The van der Waals surface area contributed by atoms with Crippen molar-refractivity contribution in [3.05, 3.63) is 35.6 Å². The van der Waals surface area contributed by atoms with Crippen LogP contribution in [0.5, 0.6) is 0 Å². The summed E-state index contributed by atoms with van der Waals surface area (Å²) in [7, 11) is 0. The van der Waals surface area contributed by atoms with Gasteiger partial charge >= 0.3 is 0 Å². The van der Waals surface area contributed by atoms with E-state index in [0.29, 0.717) is 13.0 Å². The molecule has 0 aromatic heterocycles. The van der Waals surface area contributed by atoms with Crippen LogP contribution in [0.2, 0.25) is 0 Å². The first kappa shape index (κ1) is 11.2. The van der Waals surface area contributed by atoms with Crippen LogP contribution in [0.4, 0.5) is 4.39 Å². The smallest absolute Gasteiger partial charge is 0.194 e. The summed E-state index contributed by atoms with van der Waals surface area (Å²) in [5.74, 6) is -0.777. The van der Waals surface area contributed by atoms with E-state index in [1.807, 2.05) is 0 Å². The van der Waals surface area contributed by atoms with Crippen LogP contribution in [0.25, 0.3) is 0 Å². The summed E-state index contributed by atoms with van der Waals surface area (Å²) >= 11 is 0. The topological polar surface area (TPSA) is 52.3 Å². The number of halogens is 1. The Hall–Kier alpha value is -1.26. The highest BCUT2D eigenvalue weighted by molar-refractivity contribution is 5.99. The van der Waals surface area contributed by atoms with E-state index in [1.165, 1.54) is 12.1 Å². The number of carbonyl (C=O) groups excluding carboxylic acids is 1. The predicted molar refractivity (Wildman–Crippen MR) is 57.7 cm³/mol. The summed E-state index contributed by atoms with van der Waals surface area (Å²) in [5.41, 5.74) is 5.56. The largest absolute Gasteiger partial charge is 0.366 e. The Balaban J connectivity index is 2.12. The van der Waals surface area contributed by atoms with E-state index < -0.39 is 11.9 Å². The van der Waals surface area contributed by atoms with Gasteiger partial charge in [0, 0.05) is 6.54 Å². The standard InChI is InChI=1S/C12H14FNO2/c13-10-4-2-1-3-9(10)12(15)11-6-5-8(7-14)16-11/h1-4,8,11H,5-7,14H2. The first-order valence-electron chi connectivity index (χ1n) is 5.36. The third kappa shape index (κ3) is 2.13. The molecule has 16 heavy (non-hydrogen) atoms. The monoisotopic (exact) mass is 223 g/mol. The number of hydrogen-bond acceptors (Lipinski definition) is 3. The Morgan fingerprint density at radius 1 is 1.44 bits per heavy atom. The lowest BCUT2D eigenvalue weighted by Crippen LogP contribution is -2.25. The minimum Gasteiger partial charge on any atom is -0.366 e. The molecule has 4 heteroatoms. The SMILES string of the molecule is NCC1CCC(C(=O)c2ccccc2F)O1. The van der Waals surface area contributed by atoms with Crippen molar-refractivity contribution in [3.63, 3.8) is 0 Å². The van der Waals surface area contributed by atoms with Crippen LogP contribution in [0, 0.1) is 5.82 Å². The van der Waals surface area contributed by atoms with Crippen molar-refractivity contribution in [2.24, 2.45) is 5.73 Å². The van der Waals surface area contributed by atoms with E-state index >= 15 is 0 Å². The Kier molecular flexibility index (Phi) is 3.31. The molecule has 2 atom stereocenters. The van der Waals surface area contributed by atoms with Gasteiger partial charge < -0.3 is 10.5 Å². The normalized spacial score (nSPS) is 24.6. The van der Waals surface area contributed by atoms with E-state index in [4.69, 9.17) is 10.5 Å². The molecule has 2 N–H and O–H groups in total. The third-order valence-corrected chi connectivity index (χ3v) is 2.80. The summed E-state index contributed by atoms with van der Waals surface area (Å²) in [4.78, 5) is 11.9. The maximum atomic E-state index is 13.4. The highest BCUT2D eigenvalue weighted by Gasteiger charge is 2.31. The number of carbonyl (C=O) groups is 1. The molecule has 1 fully saturated rings. The minimum absolute atomic E-state index is 0.0688. The molecular weight excluding hydrogens is 209 g/mol. The van der Waals surface area contributed by atoms with Gasteiger partial charge in [0.25, 0.3) is 0 Å². The van der Waals surface area contributed by atoms with Gasteiger partial charge in [-0.2, -0.15) is 0 Å². The zero-order valence-corrected chi connectivity index (χ0v) is 8.86. The lowest BCUT2D eigenvalue weighted by atomic mass is 10.0. The van der Waals surface area contributed by atoms with E-state index in [1.54, 1.807) is 12.1 Å². The van der Waals surface area contributed by atoms with Gasteiger partial charge in [-0.05, 0) is 25.0 Å². The van der Waals surface area contributed by atoms with E-state index in [0.717, 1.165) is 6.42 Å². The summed E-state index contributed by atoms with van der Waals surface area (Å²) in [6, 6.07) is 5.97. The minimum atomic E-state index is -0.537. The van der Waals surface area contributed by atoms with Crippen molar-refractivity contribution in [3.8, 4) is 0 Å². The molecule has 1 saturated heterocycles. The van der Waals surface area contributed by atoms with Crippen LogP contribution in [-0.4, -0.2) is 24.5 Å². The van der Waals surface area contributed by atoms with Crippen molar-refractivity contribution < 1.29 is 13.9 Å². The molecule has 0 saturated carbocycles. The molecule has 0 spiro atoms. The second kappa shape index (κ2) is 4.72. The highest BCUT2D eigenvalue weighted by atomic mass is 19.1. The highest BCUT2D eigenvalue weighted by Crippen LogP contribution is 2.23. The van der Waals surface area contributed by atoms with Crippen molar-refractivity contribution in [1.82, 2.24) is 0 Å². The van der Waals surface area contributed by atoms with Crippen molar-refractivity contribution in [2.75, 3.05) is 6.54 Å². The van der Waals surface area contributed by atoms with Gasteiger partial charge in [-0.15, -0.1) is 0 Å². The third-order valence-electron chi connectivity index (χ3n) is 2.80. The second-order valence-electron chi connectivity index (χ2n) is 3.90. The lowest BCUT2D eigenvalue weighted by molar-refractivity contribution is 0.0401. The Morgan fingerprint density at radius 2 is 2.19 bits per heavy atom. The van der Waals surface area contributed by atoms with Crippen molar-refractivity contribution in [2.45, 2.75) is 25.0 Å². The van der Waals surface area contributed by atoms with Crippen molar-refractivity contribution in [1.29, 1.82) is 0 Å². The Morgan fingerprint density at radius 3 is 2.81 bits per heavy atom. The number of ketones is 1. The molecule has 1 aromatic rings. The zero-order chi connectivity index (χ0) is 11.5. The van der Waals surface area contributed by atoms with Crippen LogP contribution in [0.15, 0.2) is 24.3 Å². The van der Waals surface area contributed by atoms with Crippen LogP contribution < -0.4 is 5.73 Å². The van der Waals surface area contributed by atoms with Gasteiger partial charge in [0.2, 0.25) is 0 Å². The van der Waals surface area contributed by atoms with Crippen LogP contribution in [0.3, 0.4) is 0 Å². The predicted octanol–water partition coefficient (Wildman–Crippen LogP) is 1.51. The molecular formula is C12H14FNO2. The molecule has 1 aliphatic heterocycles. The molecule has 2 unspecified atom stereocenters. The van der Waals surface area contributed by atoms with Crippen LogP contribution >= 0.6 is 0 Å². The number of Topliss-reactive ketones (excluding diaryl/α,β-unsaturated/α-hetero) is 1. The first-order valence-corrected chi connectivity index (χ1v) is 5.36. The molecule has 1 aliphatic rings. The van der Waals surface area contributed by atoms with E-state index in [-0.39, 0.29) is 17.5 Å². The second-order valence-corrected chi connectivity index (χ2v) is 3.90. The van der Waals surface area contributed by atoms with Crippen molar-refractivity contribution >= 4 is 5.78 Å². The molecule has 86 valence electrons. The van der Waals surface area contributed by atoms with Crippen LogP contribution in [0.1, 0.15) is 23.2 Å². The van der Waals surface area contributed by atoms with Crippen LogP contribution in [-0.2, 0) is 4.74 Å². The van der Waals surface area contributed by atoms with E-state index in [2.05, 4.69) is 0 Å². The fourth-order valence-electron chi connectivity index (χ4n) is 1.91. The Labute approximate surface area is 93.4 Å². The van der Waals surface area contributed by atoms with Gasteiger partial charge in [0.1, 0.15) is 11.9 Å². The average Bonchev–Trinajstić information content (AvgIpc) is 2.77. The lowest BCUT2D eigenvalue weighted by Gasteiger charge is -2.11. The van der Waals surface area contributed by atoms with Gasteiger partial charge in [-0.3, -0.25) is 4.79 Å². The molecule has 0 aliphatic carbocycles. The molecule has 1 aromatic carbocycles. The molecule has 0 bridgehead atoms. The Bertz CT molecular complexity index is 394. The van der Waals surface area contributed by atoms with Gasteiger partial charge in [0.15, 0.2) is 5.78 Å². The maximum absolute atomic E-state index is 13.4. The fraction of sp³-hybridized carbons (Fsp3) is 0.417. The molecule has 3 nitrogen and oxygen atoms in total. The average molecular weight is 223 g/mol.